The molecule has 1 unspecified atom stereocenters. The molecule has 0 bridgehead atoms. The van der Waals surface area contributed by atoms with Crippen molar-refractivity contribution in [2.24, 2.45) is 0 Å². The van der Waals surface area contributed by atoms with Crippen molar-refractivity contribution >= 4 is 11.6 Å². The van der Waals surface area contributed by atoms with Crippen molar-refractivity contribution < 1.29 is 4.74 Å². The second kappa shape index (κ2) is 7.48. The highest BCUT2D eigenvalue weighted by molar-refractivity contribution is 6.32. The summed E-state index contributed by atoms with van der Waals surface area (Å²) in [5.41, 5.74) is 2.20. The predicted molar refractivity (Wildman–Crippen MR) is 85.8 cm³/mol. The third kappa shape index (κ3) is 3.99. The van der Waals surface area contributed by atoms with Gasteiger partial charge in [-0.2, -0.15) is 0 Å². The second-order valence-electron chi connectivity index (χ2n) is 5.07. The predicted octanol–water partition coefficient (Wildman–Crippen LogP) is 3.81. The Bertz CT molecular complexity index is 583. The van der Waals surface area contributed by atoms with Crippen molar-refractivity contribution in [3.05, 3.63) is 47.0 Å². The summed E-state index contributed by atoms with van der Waals surface area (Å²) in [5.74, 6) is 0.702. The van der Waals surface area contributed by atoms with Crippen molar-refractivity contribution in [3.63, 3.8) is 0 Å². The van der Waals surface area contributed by atoms with E-state index in [-0.39, 0.29) is 6.04 Å². The molecule has 0 amide bonds. The van der Waals surface area contributed by atoms with Gasteiger partial charge in [-0.15, -0.1) is 0 Å². The monoisotopic (exact) mass is 307 g/mol. The molecule has 1 atom stereocenters. The molecule has 0 aliphatic rings. The number of nitrogens with zero attached hydrogens (tertiary/aromatic N) is 2. The van der Waals surface area contributed by atoms with E-state index in [9.17, 15) is 0 Å². The fourth-order valence-corrected chi connectivity index (χ4v) is 2.38. The first-order chi connectivity index (χ1) is 10.2. The third-order valence-corrected chi connectivity index (χ3v) is 3.82. The van der Waals surface area contributed by atoms with Crippen LogP contribution in [0.3, 0.4) is 0 Å². The third-order valence-electron chi connectivity index (χ3n) is 3.53. The zero-order valence-corrected chi connectivity index (χ0v) is 13.5. The van der Waals surface area contributed by atoms with Crippen LogP contribution in [0.1, 0.15) is 37.6 Å². The Labute approximate surface area is 131 Å². The fourth-order valence-electron chi connectivity index (χ4n) is 2.13. The molecule has 2 rings (SSSR count). The number of hydrogen-bond acceptors (Lipinski definition) is 3. The van der Waals surface area contributed by atoms with Crippen LogP contribution < -0.4 is 10.1 Å². The van der Waals surface area contributed by atoms with Gasteiger partial charge in [-0.25, -0.2) is 4.98 Å². The summed E-state index contributed by atoms with van der Waals surface area (Å²) in [4.78, 5) is 4.17. The molecule has 5 heteroatoms. The minimum atomic E-state index is 0.266. The Kier molecular flexibility index (Phi) is 5.65. The van der Waals surface area contributed by atoms with Crippen molar-refractivity contribution in [3.8, 4) is 5.75 Å². The van der Waals surface area contributed by atoms with E-state index in [4.69, 9.17) is 16.3 Å². The molecular weight excluding hydrogens is 286 g/mol. The van der Waals surface area contributed by atoms with Crippen LogP contribution in [0.4, 0.5) is 0 Å². The van der Waals surface area contributed by atoms with Gasteiger partial charge in [0.1, 0.15) is 12.4 Å². The molecule has 0 saturated carbocycles. The van der Waals surface area contributed by atoms with Crippen LogP contribution in [0, 0.1) is 0 Å². The second-order valence-corrected chi connectivity index (χ2v) is 5.47. The molecule has 114 valence electrons. The van der Waals surface area contributed by atoms with Gasteiger partial charge in [0, 0.05) is 12.6 Å². The van der Waals surface area contributed by atoms with Gasteiger partial charge in [-0.3, -0.25) is 0 Å². The molecule has 1 N–H and O–H groups in total. The lowest BCUT2D eigenvalue weighted by Crippen LogP contribution is -2.12. The number of imidazole rings is 1. The summed E-state index contributed by atoms with van der Waals surface area (Å²) in [7, 11) is 1.93. The molecule has 1 aromatic heterocycles. The van der Waals surface area contributed by atoms with Crippen molar-refractivity contribution in [1.82, 2.24) is 14.9 Å². The molecule has 0 saturated heterocycles. The Morgan fingerprint density at radius 1 is 1.43 bits per heavy atom. The standard InChI is InChI=1S/C16H22ClN3O/c1-4-7-20-11-19-9-14(20)10-21-16-6-5-13(8-15(16)17)12(2)18-3/h5-6,8-9,11-12,18H,4,7,10H2,1-3H3. The summed E-state index contributed by atoms with van der Waals surface area (Å²) in [5, 5.41) is 3.83. The quantitative estimate of drug-likeness (QED) is 0.845. The minimum Gasteiger partial charge on any atom is -0.486 e. The van der Waals surface area contributed by atoms with Gasteiger partial charge in [-0.05, 0) is 38.1 Å². The molecular formula is C16H22ClN3O. The summed E-state index contributed by atoms with van der Waals surface area (Å²) in [6.07, 6.45) is 4.74. The first kappa shape index (κ1) is 15.9. The topological polar surface area (TPSA) is 39.1 Å². The number of hydrogen-bond donors (Lipinski definition) is 1. The van der Waals surface area contributed by atoms with E-state index >= 15 is 0 Å². The van der Waals surface area contributed by atoms with Crippen molar-refractivity contribution in [1.29, 1.82) is 0 Å². The van der Waals surface area contributed by atoms with E-state index in [1.807, 2.05) is 37.8 Å². The smallest absolute Gasteiger partial charge is 0.138 e. The Morgan fingerprint density at radius 3 is 2.90 bits per heavy atom. The largest absolute Gasteiger partial charge is 0.486 e. The zero-order valence-electron chi connectivity index (χ0n) is 12.8. The summed E-state index contributed by atoms with van der Waals surface area (Å²) >= 11 is 6.30. The molecule has 4 nitrogen and oxygen atoms in total. The van der Waals surface area contributed by atoms with Crippen molar-refractivity contribution in [2.45, 2.75) is 39.5 Å². The summed E-state index contributed by atoms with van der Waals surface area (Å²) in [6, 6.07) is 6.17. The normalized spacial score (nSPS) is 12.4. The fraction of sp³-hybridized carbons (Fsp3) is 0.438. The van der Waals surface area contributed by atoms with Gasteiger partial charge < -0.3 is 14.6 Å². The van der Waals surface area contributed by atoms with Crippen LogP contribution in [0.25, 0.3) is 0 Å². The molecule has 0 spiro atoms. The van der Waals surface area contributed by atoms with Gasteiger partial charge in [0.15, 0.2) is 0 Å². The first-order valence-corrected chi connectivity index (χ1v) is 7.62. The molecule has 21 heavy (non-hydrogen) atoms. The highest BCUT2D eigenvalue weighted by Crippen LogP contribution is 2.28. The SMILES string of the molecule is CCCn1cncc1COc1ccc(C(C)NC)cc1Cl. The maximum atomic E-state index is 6.30. The molecule has 1 heterocycles. The van der Waals surface area contributed by atoms with Gasteiger partial charge in [0.25, 0.3) is 0 Å². The highest BCUT2D eigenvalue weighted by Gasteiger charge is 2.09. The number of halogens is 1. The Balaban J connectivity index is 2.04. The average Bonchev–Trinajstić information content (AvgIpc) is 2.93. The van der Waals surface area contributed by atoms with E-state index in [1.165, 1.54) is 0 Å². The number of aryl methyl sites for hydroxylation is 1. The first-order valence-electron chi connectivity index (χ1n) is 7.24. The van der Waals surface area contributed by atoms with E-state index < -0.39 is 0 Å². The molecule has 1 aromatic carbocycles. The number of ether oxygens (including phenoxy) is 1. The van der Waals surface area contributed by atoms with Crippen LogP contribution in [-0.2, 0) is 13.2 Å². The van der Waals surface area contributed by atoms with Gasteiger partial charge >= 0.3 is 0 Å². The maximum absolute atomic E-state index is 6.30. The van der Waals surface area contributed by atoms with Gasteiger partial charge in [-0.1, -0.05) is 24.6 Å². The highest BCUT2D eigenvalue weighted by atomic mass is 35.5. The lowest BCUT2D eigenvalue weighted by Gasteiger charge is -2.14. The van der Waals surface area contributed by atoms with Crippen LogP contribution in [0.5, 0.6) is 5.75 Å². The number of benzene rings is 1. The van der Waals surface area contributed by atoms with Gasteiger partial charge in [0.2, 0.25) is 0 Å². The molecule has 0 radical (unpaired) electrons. The number of aromatic nitrogens is 2. The average molecular weight is 308 g/mol. The van der Waals surface area contributed by atoms with E-state index in [2.05, 4.69) is 28.7 Å². The van der Waals surface area contributed by atoms with Crippen LogP contribution in [-0.4, -0.2) is 16.6 Å². The van der Waals surface area contributed by atoms with Crippen LogP contribution >= 0.6 is 11.6 Å². The Morgan fingerprint density at radius 2 is 2.24 bits per heavy atom. The van der Waals surface area contributed by atoms with Gasteiger partial charge in [0.05, 0.1) is 23.2 Å². The van der Waals surface area contributed by atoms with Crippen molar-refractivity contribution in [2.75, 3.05) is 7.05 Å². The molecule has 2 aromatic rings. The van der Waals surface area contributed by atoms with E-state index in [1.54, 1.807) is 0 Å². The summed E-state index contributed by atoms with van der Waals surface area (Å²) < 4.78 is 7.93. The maximum Gasteiger partial charge on any atom is 0.138 e. The lowest BCUT2D eigenvalue weighted by atomic mass is 10.1. The minimum absolute atomic E-state index is 0.266. The Hall–Kier alpha value is -1.52. The van der Waals surface area contributed by atoms with Crippen LogP contribution in [0.2, 0.25) is 5.02 Å². The van der Waals surface area contributed by atoms with E-state index in [0.29, 0.717) is 17.4 Å². The van der Waals surface area contributed by atoms with Crippen LogP contribution in [0.15, 0.2) is 30.7 Å². The molecule has 0 aliphatic carbocycles. The summed E-state index contributed by atoms with van der Waals surface area (Å²) in [6.45, 7) is 5.66. The van der Waals surface area contributed by atoms with E-state index in [0.717, 1.165) is 24.2 Å². The molecule has 0 fully saturated rings. The lowest BCUT2D eigenvalue weighted by molar-refractivity contribution is 0.294. The number of nitrogens with one attached hydrogen (secondary N) is 1. The molecule has 0 aliphatic heterocycles. The number of rotatable bonds is 7. The zero-order chi connectivity index (χ0) is 15.2.